The fourth-order valence-corrected chi connectivity index (χ4v) is 3.78. The molecule has 0 aliphatic carbocycles. The molecule has 3 radical (unpaired) electrons. The lowest BCUT2D eigenvalue weighted by Crippen LogP contribution is -2.42. The minimum absolute atomic E-state index is 0.0621. The van der Waals surface area contributed by atoms with E-state index in [2.05, 4.69) is 29.4 Å². The van der Waals surface area contributed by atoms with Crippen LogP contribution in [0.1, 0.15) is 48.2 Å². The smallest absolute Gasteiger partial charge is 0.255 e. The van der Waals surface area contributed by atoms with Crippen LogP contribution in [-0.2, 0) is 17.8 Å². The van der Waals surface area contributed by atoms with Crippen LogP contribution in [-0.4, -0.2) is 44.5 Å². The van der Waals surface area contributed by atoms with Gasteiger partial charge < -0.3 is 15.3 Å². The highest BCUT2D eigenvalue weighted by Gasteiger charge is 2.23. The van der Waals surface area contributed by atoms with Crippen molar-refractivity contribution < 1.29 is 14.7 Å². The van der Waals surface area contributed by atoms with Crippen molar-refractivity contribution in [3.05, 3.63) is 71.3 Å². The highest BCUT2D eigenvalue weighted by molar-refractivity contribution is 6.14. The number of rotatable bonds is 10. The van der Waals surface area contributed by atoms with Crippen molar-refractivity contribution in [2.75, 3.05) is 6.73 Å². The van der Waals surface area contributed by atoms with E-state index < -0.39 is 0 Å². The first-order valence-corrected chi connectivity index (χ1v) is 10.5. The number of amides is 2. The van der Waals surface area contributed by atoms with Gasteiger partial charge in [0.05, 0.1) is 10.2 Å². The maximum Gasteiger partial charge on any atom is 0.255 e. The summed E-state index contributed by atoms with van der Waals surface area (Å²) in [6.45, 7) is 4.24. The molecule has 0 bridgehead atoms. The predicted octanol–water partition coefficient (Wildman–Crippen LogP) is 2.87. The summed E-state index contributed by atoms with van der Waals surface area (Å²) < 4.78 is 0. The average molecular weight is 410 g/mol. The predicted molar refractivity (Wildman–Crippen MR) is 115 cm³/mol. The van der Waals surface area contributed by atoms with Gasteiger partial charge in [-0.05, 0) is 36.0 Å². The fraction of sp³-hybridized carbons (Fsp3) is 0.391. The Labute approximate surface area is 176 Å². The number of nitrogens with zero attached hydrogens (tertiary/aromatic N) is 1. The van der Waals surface area contributed by atoms with E-state index in [1.54, 1.807) is 12.1 Å². The van der Waals surface area contributed by atoms with E-state index in [0.29, 0.717) is 30.9 Å². The lowest BCUT2D eigenvalue weighted by atomic mass is 10.0. The monoisotopic (exact) mass is 409 g/mol. The number of hydrogen-bond donors (Lipinski definition) is 2. The molecule has 0 heterocycles. The molecule has 0 spiro atoms. The fourth-order valence-electron chi connectivity index (χ4n) is 3.11. The van der Waals surface area contributed by atoms with Crippen molar-refractivity contribution >= 4 is 22.1 Å². The third-order valence-electron chi connectivity index (χ3n) is 4.69. The molecule has 5 nitrogen and oxygen atoms in total. The van der Waals surface area contributed by atoms with Gasteiger partial charge in [0, 0.05) is 24.2 Å². The lowest BCUT2D eigenvalue weighted by molar-refractivity contribution is -0.121. The Morgan fingerprint density at radius 2 is 1.72 bits per heavy atom. The first-order chi connectivity index (χ1) is 13.9. The van der Waals surface area contributed by atoms with Crippen LogP contribution in [0, 0.1) is 5.92 Å². The third kappa shape index (κ3) is 7.14. The molecular weight excluding hydrogens is 380 g/mol. The highest BCUT2D eigenvalue weighted by Crippen LogP contribution is 2.17. The van der Waals surface area contributed by atoms with E-state index in [-0.39, 0.29) is 24.2 Å². The summed E-state index contributed by atoms with van der Waals surface area (Å²) in [6, 6.07) is 17.0. The summed E-state index contributed by atoms with van der Waals surface area (Å²) in [4.78, 5) is 26.7. The van der Waals surface area contributed by atoms with Gasteiger partial charge in [-0.15, -0.1) is 0 Å². The Morgan fingerprint density at radius 1 is 1.07 bits per heavy atom. The molecule has 153 valence electrons. The van der Waals surface area contributed by atoms with Gasteiger partial charge in [0.2, 0.25) is 5.91 Å². The van der Waals surface area contributed by atoms with Gasteiger partial charge >= 0.3 is 0 Å². The second kappa shape index (κ2) is 11.5. The number of benzene rings is 2. The van der Waals surface area contributed by atoms with E-state index in [4.69, 9.17) is 0 Å². The molecule has 1 atom stereocenters. The van der Waals surface area contributed by atoms with Gasteiger partial charge in [-0.3, -0.25) is 9.59 Å². The van der Waals surface area contributed by atoms with Gasteiger partial charge in [-0.1, -0.05) is 62.4 Å². The van der Waals surface area contributed by atoms with Gasteiger partial charge in [0.1, 0.15) is 6.73 Å². The number of hydrogen-bond acceptors (Lipinski definition) is 3. The largest absolute Gasteiger partial charge is 0.376 e. The van der Waals surface area contributed by atoms with Gasteiger partial charge in [-0.2, -0.15) is 0 Å². The molecule has 0 saturated heterocycles. The summed E-state index contributed by atoms with van der Waals surface area (Å²) in [5.74, 6) is 0.0734. The summed E-state index contributed by atoms with van der Waals surface area (Å²) in [7, 11) is 3.57. The van der Waals surface area contributed by atoms with Crippen LogP contribution in [0.4, 0.5) is 0 Å². The van der Waals surface area contributed by atoms with Crippen LogP contribution in [0.5, 0.6) is 0 Å². The van der Waals surface area contributed by atoms with Crippen LogP contribution in [0.3, 0.4) is 0 Å². The maximum atomic E-state index is 13.0. The van der Waals surface area contributed by atoms with Crippen molar-refractivity contribution in [3.8, 4) is 0 Å². The van der Waals surface area contributed by atoms with Gasteiger partial charge in [0.25, 0.3) is 5.91 Å². The number of aryl methyl sites for hydroxylation is 1. The molecule has 0 aliphatic rings. The summed E-state index contributed by atoms with van der Waals surface area (Å²) >= 11 is 0. The first-order valence-electron chi connectivity index (χ1n) is 9.93. The van der Waals surface area contributed by atoms with E-state index in [1.807, 2.05) is 42.5 Å². The van der Waals surface area contributed by atoms with Crippen LogP contribution in [0.25, 0.3) is 0 Å². The second-order valence-corrected chi connectivity index (χ2v) is 8.15. The molecule has 0 aromatic heterocycles. The summed E-state index contributed by atoms with van der Waals surface area (Å²) in [5.41, 5.74) is 2.11. The summed E-state index contributed by atoms with van der Waals surface area (Å²) in [6.07, 6.45) is 1.48. The Bertz CT molecular complexity index is 796. The Balaban J connectivity index is 2.00. The quantitative estimate of drug-likeness (QED) is 0.468. The zero-order chi connectivity index (χ0) is 21.2. The second-order valence-electron chi connectivity index (χ2n) is 7.48. The molecule has 2 aromatic rings. The van der Waals surface area contributed by atoms with Crippen molar-refractivity contribution in [1.82, 2.24) is 10.2 Å². The minimum Gasteiger partial charge on any atom is -0.376 e. The van der Waals surface area contributed by atoms with Crippen LogP contribution >= 0.6 is 0 Å². The topological polar surface area (TPSA) is 69.6 Å². The van der Waals surface area contributed by atoms with Crippen LogP contribution in [0.15, 0.2) is 54.6 Å². The Hall–Kier alpha value is -2.44. The molecule has 2 N–H and O–H groups in total. The van der Waals surface area contributed by atoms with Crippen LogP contribution in [0.2, 0.25) is 0 Å². The zero-order valence-electron chi connectivity index (χ0n) is 17.1. The molecule has 2 amide bonds. The van der Waals surface area contributed by atoms with Gasteiger partial charge in [0.15, 0.2) is 0 Å². The van der Waals surface area contributed by atoms with Gasteiger partial charge in [-0.25, -0.2) is 0 Å². The molecule has 6 heteroatoms. The number of aliphatic hydroxyl groups excluding tert-OH is 1. The molecule has 1 unspecified atom stereocenters. The molecule has 0 aliphatic heterocycles. The average Bonchev–Trinajstić information content (AvgIpc) is 2.71. The lowest BCUT2D eigenvalue weighted by Gasteiger charge is -2.29. The molecule has 0 fully saturated rings. The summed E-state index contributed by atoms with van der Waals surface area (Å²) in [5, 5.41) is 12.6. The molecular formula is C23H29N2O3Si. The number of aliphatic hydroxyl groups is 1. The van der Waals surface area contributed by atoms with E-state index in [0.717, 1.165) is 17.5 Å². The van der Waals surface area contributed by atoms with Crippen molar-refractivity contribution in [3.63, 3.8) is 0 Å². The highest BCUT2D eigenvalue weighted by atomic mass is 28.1. The molecule has 2 aromatic carbocycles. The van der Waals surface area contributed by atoms with Crippen molar-refractivity contribution in [2.45, 2.75) is 45.3 Å². The van der Waals surface area contributed by atoms with E-state index >= 15 is 0 Å². The maximum absolute atomic E-state index is 13.0. The van der Waals surface area contributed by atoms with E-state index in [9.17, 15) is 14.7 Å². The number of nitrogens with one attached hydrogen (secondary N) is 1. The standard InChI is InChI=1S/C23H29N2O3Si/c1-17(2)14-22(29)25(16-26)23(28)20-11-7-6-10-19(20)12-13-21(27)24-15-18-8-4-3-5-9-18/h3-11,17,22,26H,12-16H2,1-2H3,(H,24,27). The normalized spacial score (nSPS) is 11.9. The number of carbonyl (C=O) groups excluding carboxylic acids is 2. The molecule has 29 heavy (non-hydrogen) atoms. The Morgan fingerprint density at radius 3 is 2.38 bits per heavy atom. The Kier molecular flexibility index (Phi) is 9.08. The minimum atomic E-state index is -0.369. The number of carbonyl (C=O) groups is 2. The SMILES string of the molecule is CC(C)CC([Si])N(CO)C(=O)c1ccccc1CCC(=O)NCc1ccccc1. The van der Waals surface area contributed by atoms with Crippen molar-refractivity contribution in [1.29, 1.82) is 0 Å². The zero-order valence-corrected chi connectivity index (χ0v) is 18.1. The van der Waals surface area contributed by atoms with Crippen LogP contribution < -0.4 is 5.32 Å². The van der Waals surface area contributed by atoms with E-state index in [1.165, 1.54) is 4.90 Å². The first kappa shape index (κ1) is 22.8. The van der Waals surface area contributed by atoms with Crippen molar-refractivity contribution in [2.24, 2.45) is 5.92 Å². The molecule has 2 rings (SSSR count). The third-order valence-corrected chi connectivity index (χ3v) is 5.23. The molecule has 0 saturated carbocycles.